The van der Waals surface area contributed by atoms with Crippen LogP contribution in [0.5, 0.6) is 5.95 Å². The molecule has 0 bridgehead atoms. The topological polar surface area (TPSA) is 103 Å². The molecule has 0 unspecified atom stereocenters. The van der Waals surface area contributed by atoms with Crippen molar-refractivity contribution in [3.05, 3.63) is 105 Å². The zero-order chi connectivity index (χ0) is 24.9. The summed E-state index contributed by atoms with van der Waals surface area (Å²) < 4.78 is 11.0. The molecule has 0 aliphatic heterocycles. The van der Waals surface area contributed by atoms with Gasteiger partial charge < -0.3 is 14.9 Å². The van der Waals surface area contributed by atoms with Crippen LogP contribution in [0, 0.1) is 0 Å². The third-order valence-corrected chi connectivity index (χ3v) is 5.74. The molecule has 1 atom stereocenters. The number of imide groups is 1. The minimum atomic E-state index is -0.946. The molecule has 0 spiro atoms. The molecule has 3 aromatic carbocycles. The smallest absolute Gasteiger partial charge is 0.346 e. The molecule has 4 aromatic rings. The maximum atomic E-state index is 13.2. The largest absolute Gasteiger partial charge is 0.464 e. The average Bonchev–Trinajstić information content (AvgIpc) is 2.88. The van der Waals surface area contributed by atoms with E-state index in [0.29, 0.717) is 17.4 Å². The van der Waals surface area contributed by atoms with Crippen molar-refractivity contribution in [2.75, 3.05) is 11.5 Å². The van der Waals surface area contributed by atoms with E-state index in [4.69, 9.17) is 26.5 Å². The molecule has 0 aliphatic carbocycles. The fourth-order valence-corrected chi connectivity index (χ4v) is 3.84. The lowest BCUT2D eigenvalue weighted by molar-refractivity contribution is -0.118. The van der Waals surface area contributed by atoms with E-state index in [1.54, 1.807) is 36.4 Å². The zero-order valence-electron chi connectivity index (χ0n) is 18.9. The number of nitrogens with zero attached hydrogens (tertiary/aromatic N) is 1. The minimum absolute atomic E-state index is 0.0864. The zero-order valence-corrected chi connectivity index (χ0v) is 19.7. The fourth-order valence-electron chi connectivity index (χ4n) is 3.58. The summed E-state index contributed by atoms with van der Waals surface area (Å²) in [6, 6.07) is 21.6. The van der Waals surface area contributed by atoms with Crippen LogP contribution >= 0.6 is 11.6 Å². The summed E-state index contributed by atoms with van der Waals surface area (Å²) in [6.07, 6.45) is 0.605. The highest BCUT2D eigenvalue weighted by molar-refractivity contribution is 6.36. The lowest BCUT2D eigenvalue weighted by Crippen LogP contribution is -2.45. The summed E-state index contributed by atoms with van der Waals surface area (Å²) in [5, 5.41) is 0.603. The van der Waals surface area contributed by atoms with E-state index in [1.165, 1.54) is 19.1 Å². The number of carbonyl (C=O) groups excluding carboxylic acids is 2. The maximum Gasteiger partial charge on any atom is 0.346 e. The standard InChI is InChI=1S/C27H23ClN2O5/c1-17(29)24(31)30(25(32)19-10-6-3-7-11-19)20-12-13-21-22(16-20)26(33)35-27(23(21)28)34-15-14-18-8-4-2-5-9-18/h2-13,16-17H,14-15,29H2,1H3/t17-/m0/s1. The van der Waals surface area contributed by atoms with Crippen LogP contribution in [0.4, 0.5) is 5.69 Å². The summed E-state index contributed by atoms with van der Waals surface area (Å²) in [7, 11) is 0. The van der Waals surface area contributed by atoms with E-state index in [0.717, 1.165) is 10.5 Å². The molecule has 1 heterocycles. The normalized spacial score (nSPS) is 11.7. The fraction of sp³-hybridized carbons (Fsp3) is 0.148. The van der Waals surface area contributed by atoms with Gasteiger partial charge >= 0.3 is 11.6 Å². The number of amides is 2. The van der Waals surface area contributed by atoms with Gasteiger partial charge in [0, 0.05) is 17.4 Å². The monoisotopic (exact) mass is 490 g/mol. The van der Waals surface area contributed by atoms with E-state index in [-0.39, 0.29) is 28.6 Å². The van der Waals surface area contributed by atoms with Gasteiger partial charge in [-0.1, -0.05) is 66.2 Å². The van der Waals surface area contributed by atoms with Gasteiger partial charge in [-0.2, -0.15) is 0 Å². The quantitative estimate of drug-likeness (QED) is 0.406. The molecule has 7 nitrogen and oxygen atoms in total. The van der Waals surface area contributed by atoms with Gasteiger partial charge in [-0.05, 0) is 36.8 Å². The molecular weight excluding hydrogens is 468 g/mol. The maximum absolute atomic E-state index is 13.2. The molecule has 4 rings (SSSR count). The van der Waals surface area contributed by atoms with Crippen molar-refractivity contribution < 1.29 is 18.7 Å². The van der Waals surface area contributed by atoms with Crippen molar-refractivity contribution in [1.82, 2.24) is 0 Å². The molecule has 0 fully saturated rings. The number of benzene rings is 3. The van der Waals surface area contributed by atoms with E-state index in [2.05, 4.69) is 0 Å². The first-order chi connectivity index (χ1) is 16.9. The minimum Gasteiger partial charge on any atom is -0.464 e. The SMILES string of the molecule is C[C@H](N)C(=O)N(C(=O)c1ccccc1)c1ccc2c(Cl)c(OCCc3ccccc3)oc(=O)c2c1. The van der Waals surface area contributed by atoms with Crippen molar-refractivity contribution in [3.8, 4) is 5.95 Å². The number of carbonyl (C=O) groups is 2. The molecular formula is C27H23ClN2O5. The van der Waals surface area contributed by atoms with Gasteiger partial charge in [-0.15, -0.1) is 0 Å². The first-order valence-electron chi connectivity index (χ1n) is 11.0. The molecule has 0 radical (unpaired) electrons. The first kappa shape index (κ1) is 24.2. The Morgan fingerprint density at radius 2 is 1.66 bits per heavy atom. The Morgan fingerprint density at radius 3 is 2.31 bits per heavy atom. The highest BCUT2D eigenvalue weighted by Crippen LogP contribution is 2.33. The third-order valence-electron chi connectivity index (χ3n) is 5.38. The van der Waals surface area contributed by atoms with Crippen molar-refractivity contribution >= 4 is 39.9 Å². The van der Waals surface area contributed by atoms with Gasteiger partial charge in [0.15, 0.2) is 0 Å². The van der Waals surface area contributed by atoms with Crippen LogP contribution in [0.15, 0.2) is 88.1 Å². The average molecular weight is 491 g/mol. The Hall–Kier alpha value is -3.94. The molecule has 2 amide bonds. The van der Waals surface area contributed by atoms with Gasteiger partial charge in [0.05, 0.1) is 23.7 Å². The Labute approximate surface area is 206 Å². The van der Waals surface area contributed by atoms with Crippen LogP contribution in [0.25, 0.3) is 10.8 Å². The summed E-state index contributed by atoms with van der Waals surface area (Å²) in [4.78, 5) is 39.8. The Kier molecular flexibility index (Phi) is 7.29. The predicted molar refractivity (Wildman–Crippen MR) is 135 cm³/mol. The number of rotatable bonds is 7. The van der Waals surface area contributed by atoms with E-state index >= 15 is 0 Å². The summed E-state index contributed by atoms with van der Waals surface area (Å²) in [5.74, 6) is -1.27. The van der Waals surface area contributed by atoms with Crippen LogP contribution in [-0.4, -0.2) is 24.5 Å². The molecule has 178 valence electrons. The lowest BCUT2D eigenvalue weighted by Gasteiger charge is -2.23. The summed E-state index contributed by atoms with van der Waals surface area (Å²) >= 11 is 6.47. The van der Waals surface area contributed by atoms with Crippen LogP contribution < -0.4 is 21.0 Å². The van der Waals surface area contributed by atoms with Gasteiger partial charge in [0.1, 0.15) is 5.02 Å². The number of hydrogen-bond acceptors (Lipinski definition) is 6. The number of anilines is 1. The molecule has 0 saturated heterocycles. The van der Waals surface area contributed by atoms with Crippen LogP contribution in [0.1, 0.15) is 22.8 Å². The number of halogens is 1. The Bertz CT molecular complexity index is 1420. The molecule has 8 heteroatoms. The second kappa shape index (κ2) is 10.5. The van der Waals surface area contributed by atoms with Crippen molar-refractivity contribution in [1.29, 1.82) is 0 Å². The van der Waals surface area contributed by atoms with Crippen molar-refractivity contribution in [3.63, 3.8) is 0 Å². The molecule has 2 N–H and O–H groups in total. The van der Waals surface area contributed by atoms with E-state index in [9.17, 15) is 14.4 Å². The third kappa shape index (κ3) is 5.26. The van der Waals surface area contributed by atoms with Crippen LogP contribution in [-0.2, 0) is 11.2 Å². The molecule has 0 aliphatic rings. The van der Waals surface area contributed by atoms with Crippen molar-refractivity contribution in [2.45, 2.75) is 19.4 Å². The second-order valence-corrected chi connectivity index (χ2v) is 8.32. The van der Waals surface area contributed by atoms with E-state index in [1.807, 2.05) is 30.3 Å². The summed E-state index contributed by atoms with van der Waals surface area (Å²) in [5.41, 5.74) is 6.64. The molecule has 1 aromatic heterocycles. The molecule has 35 heavy (non-hydrogen) atoms. The highest BCUT2D eigenvalue weighted by atomic mass is 35.5. The van der Waals surface area contributed by atoms with E-state index < -0.39 is 23.5 Å². The van der Waals surface area contributed by atoms with Crippen LogP contribution in [0.2, 0.25) is 5.02 Å². The number of hydrogen-bond donors (Lipinski definition) is 1. The first-order valence-corrected chi connectivity index (χ1v) is 11.4. The number of ether oxygens (including phenoxy) is 1. The lowest BCUT2D eigenvalue weighted by atomic mass is 10.1. The predicted octanol–water partition coefficient (Wildman–Crippen LogP) is 4.59. The van der Waals surface area contributed by atoms with Gasteiger partial charge in [-0.25, -0.2) is 9.69 Å². The van der Waals surface area contributed by atoms with Gasteiger partial charge in [0.2, 0.25) is 0 Å². The summed E-state index contributed by atoms with van der Waals surface area (Å²) in [6.45, 7) is 1.75. The number of nitrogens with two attached hydrogens (primary N) is 1. The Balaban J connectivity index is 1.67. The van der Waals surface area contributed by atoms with Crippen molar-refractivity contribution in [2.24, 2.45) is 5.73 Å². The molecule has 0 saturated carbocycles. The Morgan fingerprint density at radius 1 is 1.00 bits per heavy atom. The highest BCUT2D eigenvalue weighted by Gasteiger charge is 2.28. The van der Waals surface area contributed by atoms with Gasteiger partial charge in [0.25, 0.3) is 11.8 Å². The second-order valence-electron chi connectivity index (χ2n) is 7.94. The number of fused-ring (bicyclic) bond motifs is 1. The van der Waals surface area contributed by atoms with Gasteiger partial charge in [-0.3, -0.25) is 9.59 Å². The van der Waals surface area contributed by atoms with Crippen LogP contribution in [0.3, 0.4) is 0 Å².